The Balaban J connectivity index is 7.41. The first-order valence-electron chi connectivity index (χ1n) is 13.3. The number of rotatable bonds is 21. The van der Waals surface area contributed by atoms with E-state index in [1.807, 2.05) is 0 Å². The molecule has 54 heavy (non-hydrogen) atoms. The van der Waals surface area contributed by atoms with Gasteiger partial charge < -0.3 is 14.1 Å². The van der Waals surface area contributed by atoms with Gasteiger partial charge in [-0.05, 0) is 6.42 Å². The molecule has 0 aliphatic carbocycles. The van der Waals surface area contributed by atoms with Crippen LogP contribution in [0.2, 0.25) is 0 Å². The van der Waals surface area contributed by atoms with Crippen molar-refractivity contribution in [1.82, 2.24) is 4.31 Å². The number of sulfonamides is 1. The van der Waals surface area contributed by atoms with Crippen molar-refractivity contribution in [2.45, 2.75) is 77.6 Å². The second-order valence-electron chi connectivity index (χ2n) is 11.7. The van der Waals surface area contributed by atoms with Crippen LogP contribution in [0.3, 0.4) is 0 Å². The maximum atomic E-state index is 14.8. The summed E-state index contributed by atoms with van der Waals surface area (Å²) in [5.74, 6) is -85.7. The van der Waals surface area contributed by atoms with Crippen LogP contribution in [0.25, 0.3) is 0 Å². The average Bonchev–Trinajstić information content (AvgIpc) is 2.93. The first kappa shape index (κ1) is 52.1. The number of aliphatic hydroxyl groups is 1. The summed E-state index contributed by atoms with van der Waals surface area (Å²) in [6.45, 7) is -5.16. The van der Waals surface area contributed by atoms with E-state index < -0.39 is 138 Å². The van der Waals surface area contributed by atoms with Crippen LogP contribution in [-0.2, 0) is 20.1 Å². The van der Waals surface area contributed by atoms with Gasteiger partial charge in [-0.15, -0.1) is 0 Å². The highest BCUT2D eigenvalue weighted by Crippen LogP contribution is 2.67. The highest BCUT2D eigenvalue weighted by molar-refractivity contribution is 7.90. The van der Waals surface area contributed by atoms with Gasteiger partial charge in [0.1, 0.15) is 6.54 Å². The van der Waals surface area contributed by atoms with Crippen LogP contribution in [0.15, 0.2) is 0 Å². The molecule has 0 aliphatic rings. The Morgan fingerprint density at radius 1 is 0.500 bits per heavy atom. The molecule has 0 saturated carbocycles. The van der Waals surface area contributed by atoms with E-state index in [0.29, 0.717) is 0 Å². The lowest BCUT2D eigenvalue weighted by atomic mass is 9.86. The summed E-state index contributed by atoms with van der Waals surface area (Å²) in [6.07, 6.45) is -10.7. The topological polar surface area (TPSA) is 115 Å². The lowest BCUT2D eigenvalue weighted by Crippen LogP contribution is -2.78. The van der Waals surface area contributed by atoms with Gasteiger partial charge in [0.2, 0.25) is 0 Å². The van der Waals surface area contributed by atoms with E-state index in [4.69, 9.17) is 5.11 Å². The molecule has 0 bridgehead atoms. The molecule has 0 fully saturated rings. The molecular formula is C21H23F23N2O6S2. The van der Waals surface area contributed by atoms with Gasteiger partial charge in [-0.1, -0.05) is 0 Å². The van der Waals surface area contributed by atoms with Gasteiger partial charge >= 0.3 is 64.7 Å². The van der Waals surface area contributed by atoms with Crippen molar-refractivity contribution < 1.29 is 132 Å². The van der Waals surface area contributed by atoms with Gasteiger partial charge in [-0.2, -0.15) is 105 Å². The molecule has 0 heterocycles. The van der Waals surface area contributed by atoms with E-state index in [0.717, 1.165) is 0 Å². The van der Waals surface area contributed by atoms with Crippen LogP contribution in [0.4, 0.5) is 101 Å². The molecule has 0 unspecified atom stereocenters. The molecule has 0 aromatic carbocycles. The zero-order chi connectivity index (χ0) is 44.2. The van der Waals surface area contributed by atoms with Gasteiger partial charge in [0.05, 0.1) is 37.4 Å². The Hall–Kier alpha value is -1.87. The first-order valence-corrected chi connectivity index (χ1v) is 16.3. The van der Waals surface area contributed by atoms with Crippen LogP contribution >= 0.6 is 0 Å². The molecule has 0 saturated heterocycles. The molecule has 0 aromatic rings. The molecular weight excluding hydrogens is 877 g/mol. The molecule has 0 spiro atoms. The minimum atomic E-state index is -9.67. The van der Waals surface area contributed by atoms with Gasteiger partial charge in [-0.3, -0.25) is 0 Å². The summed E-state index contributed by atoms with van der Waals surface area (Å²) < 4.78 is 372. The lowest BCUT2D eigenvalue weighted by molar-refractivity contribution is -0.890. The fraction of sp³-hybridized carbons (Fsp3) is 1.00. The van der Waals surface area contributed by atoms with Gasteiger partial charge in [0.25, 0.3) is 10.0 Å². The molecule has 0 rings (SSSR count). The normalized spacial score (nSPS) is 16.4. The molecule has 0 amide bonds. The predicted octanol–water partition coefficient (Wildman–Crippen LogP) is 5.89. The molecule has 0 aliphatic heterocycles. The summed E-state index contributed by atoms with van der Waals surface area (Å²) in [7, 11) is -11.0. The number of quaternary nitrogens is 1. The average molecular weight is 901 g/mol. The van der Waals surface area contributed by atoms with Crippen LogP contribution in [-0.4, -0.2) is 153 Å². The van der Waals surface area contributed by atoms with E-state index >= 15 is 0 Å². The highest BCUT2D eigenvalue weighted by atomic mass is 32.2. The Labute approximate surface area is 287 Å². The van der Waals surface area contributed by atoms with Crippen molar-refractivity contribution in [2.24, 2.45) is 0 Å². The van der Waals surface area contributed by atoms with Crippen LogP contribution in [0.5, 0.6) is 0 Å². The third-order valence-electron chi connectivity index (χ3n) is 7.22. The van der Waals surface area contributed by atoms with Crippen LogP contribution in [0.1, 0.15) is 12.8 Å². The van der Waals surface area contributed by atoms with E-state index in [1.165, 1.54) is 14.1 Å². The van der Waals surface area contributed by atoms with Gasteiger partial charge in [0.15, 0.2) is 0 Å². The molecule has 1 N–H and O–H groups in total. The SMILES string of the molecule is C[N+](C)(CCO)CCCN(CCCS(=O)(=O)[O-])S(=O)(=O)C(F)(F)C(F)(F)C(F)(F)C(F)(F)C(F)(F)C(F)(F)C(F)(F)C(F)(F)C(F)(F)C(F)(F)C(F)(F)F. The van der Waals surface area contributed by atoms with Crippen molar-refractivity contribution >= 4 is 20.1 Å². The number of hydrogen-bond acceptors (Lipinski definition) is 6. The third kappa shape index (κ3) is 8.25. The lowest BCUT2D eigenvalue weighted by Gasteiger charge is -2.45. The Kier molecular flexibility index (Phi) is 14.3. The van der Waals surface area contributed by atoms with Crippen molar-refractivity contribution in [3.8, 4) is 0 Å². The number of aliphatic hydroxyl groups excluding tert-OH is 1. The fourth-order valence-electron chi connectivity index (χ4n) is 3.89. The zero-order valence-corrected chi connectivity index (χ0v) is 27.7. The van der Waals surface area contributed by atoms with Crippen molar-refractivity contribution in [2.75, 3.05) is 52.6 Å². The molecule has 0 aromatic heterocycles. The number of likely N-dealkylation sites (N-methyl/N-ethyl adjacent to an activating group) is 1. The summed E-state index contributed by atoms with van der Waals surface area (Å²) in [5, 5.41) is 0.840. The first-order chi connectivity index (χ1) is 23.1. The largest absolute Gasteiger partial charge is 0.748 e. The standard InChI is InChI=1S/C21H23F23N2O6S2/c1-46(2,8-9-47)7-3-5-45(6-4-10-53(48,49)50)54(51,52)21(43,44)19(38,39)17(34,35)15(30,31)13(26,27)11(22,23)12(24,25)14(28,29)16(32,33)18(36,37)20(40,41)42/h47H,3-10H2,1-2H3. The molecule has 8 nitrogen and oxygen atoms in total. The monoisotopic (exact) mass is 900 g/mol. The van der Waals surface area contributed by atoms with E-state index in [1.54, 1.807) is 0 Å². The molecule has 33 heteroatoms. The minimum Gasteiger partial charge on any atom is -0.748 e. The van der Waals surface area contributed by atoms with Crippen molar-refractivity contribution in [1.29, 1.82) is 0 Å². The summed E-state index contributed by atoms with van der Waals surface area (Å²) in [5.41, 5.74) is 0. The molecule has 326 valence electrons. The maximum Gasteiger partial charge on any atom is 0.460 e. The number of halogens is 23. The van der Waals surface area contributed by atoms with Gasteiger partial charge in [-0.25, -0.2) is 16.8 Å². The van der Waals surface area contributed by atoms with E-state index in [2.05, 4.69) is 0 Å². The predicted molar refractivity (Wildman–Crippen MR) is 129 cm³/mol. The van der Waals surface area contributed by atoms with E-state index in [9.17, 15) is 122 Å². The smallest absolute Gasteiger partial charge is 0.460 e. The van der Waals surface area contributed by atoms with Crippen molar-refractivity contribution in [3.63, 3.8) is 0 Å². The quantitative estimate of drug-likeness (QED) is 0.0875. The van der Waals surface area contributed by atoms with Crippen molar-refractivity contribution in [3.05, 3.63) is 0 Å². The molecule has 0 radical (unpaired) electrons. The minimum absolute atomic E-state index is 0.275. The second kappa shape index (κ2) is 14.8. The zero-order valence-electron chi connectivity index (χ0n) is 26.0. The number of hydrogen-bond donors (Lipinski definition) is 1. The van der Waals surface area contributed by atoms with Crippen LogP contribution in [0, 0.1) is 0 Å². The van der Waals surface area contributed by atoms with E-state index in [-0.39, 0.29) is 6.54 Å². The Morgan fingerprint density at radius 2 is 0.796 bits per heavy atom. The second-order valence-corrected chi connectivity index (χ2v) is 15.2. The summed E-state index contributed by atoms with van der Waals surface area (Å²) in [6, 6.07) is 0. The maximum absolute atomic E-state index is 14.8. The van der Waals surface area contributed by atoms with Gasteiger partial charge in [0, 0.05) is 25.3 Å². The van der Waals surface area contributed by atoms with Crippen LogP contribution < -0.4 is 0 Å². The number of alkyl halides is 23. The third-order valence-corrected chi connectivity index (χ3v) is 9.96. The molecule has 0 atom stereocenters. The highest BCUT2D eigenvalue weighted by Gasteiger charge is 2.99. The summed E-state index contributed by atoms with van der Waals surface area (Å²) in [4.78, 5) is 0. The Morgan fingerprint density at radius 3 is 1.09 bits per heavy atom. The fourth-order valence-corrected chi connectivity index (χ4v) is 5.89. The summed E-state index contributed by atoms with van der Waals surface area (Å²) >= 11 is 0. The Bertz CT molecular complexity index is 1530. The number of nitrogens with zero attached hydrogens (tertiary/aromatic N) is 2.